The van der Waals surface area contributed by atoms with Crippen LogP contribution in [0.2, 0.25) is 0 Å². The molecule has 2 amide bonds. The zero-order valence-corrected chi connectivity index (χ0v) is 18.1. The Morgan fingerprint density at radius 1 is 1.27 bits per heavy atom. The van der Waals surface area contributed by atoms with Crippen LogP contribution in [0, 0.1) is 0 Å². The summed E-state index contributed by atoms with van der Waals surface area (Å²) in [4.78, 5) is 29.5. The van der Waals surface area contributed by atoms with Crippen molar-refractivity contribution in [2.24, 2.45) is 0 Å². The Morgan fingerprint density at radius 2 is 2.03 bits per heavy atom. The molecule has 0 bridgehead atoms. The van der Waals surface area contributed by atoms with Crippen LogP contribution in [-0.4, -0.2) is 48.8 Å². The smallest absolute Gasteiger partial charge is 0.275 e. The molecule has 1 aliphatic heterocycles. The van der Waals surface area contributed by atoms with E-state index in [0.717, 1.165) is 16.0 Å². The molecule has 0 saturated heterocycles. The van der Waals surface area contributed by atoms with Gasteiger partial charge in [-0.1, -0.05) is 0 Å². The highest BCUT2D eigenvalue weighted by Crippen LogP contribution is 2.37. The van der Waals surface area contributed by atoms with E-state index in [4.69, 9.17) is 9.47 Å². The molecule has 1 N–H and O–H groups in total. The molecule has 2 aromatic heterocycles. The molecule has 3 heterocycles. The number of amides is 2. The number of benzene rings is 1. The molecular formula is C22H25N3O4S. The van der Waals surface area contributed by atoms with Gasteiger partial charge < -0.3 is 19.4 Å². The van der Waals surface area contributed by atoms with Crippen molar-refractivity contribution in [2.45, 2.75) is 25.9 Å². The Morgan fingerprint density at radius 3 is 2.73 bits per heavy atom. The Bertz CT molecular complexity index is 1070. The number of carbonyl (C=O) groups excluding carboxylic acids is 2. The number of carbonyl (C=O) groups is 2. The summed E-state index contributed by atoms with van der Waals surface area (Å²) in [6, 6.07) is 11.2. The molecule has 1 aliphatic rings. The molecule has 158 valence electrons. The van der Waals surface area contributed by atoms with Crippen LogP contribution in [0.15, 0.2) is 41.8 Å². The van der Waals surface area contributed by atoms with E-state index in [9.17, 15) is 9.59 Å². The lowest BCUT2D eigenvalue weighted by Crippen LogP contribution is -2.64. The fourth-order valence-electron chi connectivity index (χ4n) is 3.92. The first-order chi connectivity index (χ1) is 14.5. The first-order valence-corrected chi connectivity index (χ1v) is 10.8. The maximum Gasteiger partial charge on any atom is 0.275 e. The van der Waals surface area contributed by atoms with Crippen LogP contribution in [0.4, 0.5) is 5.69 Å². The van der Waals surface area contributed by atoms with Gasteiger partial charge >= 0.3 is 0 Å². The first-order valence-electron chi connectivity index (χ1n) is 9.91. The van der Waals surface area contributed by atoms with Gasteiger partial charge in [-0.15, -0.1) is 11.3 Å². The molecule has 30 heavy (non-hydrogen) atoms. The zero-order chi connectivity index (χ0) is 21.3. The van der Waals surface area contributed by atoms with Crippen LogP contribution in [0.5, 0.6) is 5.75 Å². The van der Waals surface area contributed by atoms with Crippen molar-refractivity contribution in [3.8, 4) is 5.75 Å². The molecule has 0 fully saturated rings. The highest BCUT2D eigenvalue weighted by Gasteiger charge is 2.48. The van der Waals surface area contributed by atoms with Crippen molar-refractivity contribution in [1.82, 2.24) is 9.88 Å². The molecule has 1 atom stereocenters. The normalized spacial score (nSPS) is 18.5. The minimum Gasteiger partial charge on any atom is -0.494 e. The second-order valence-electron chi connectivity index (χ2n) is 7.39. The van der Waals surface area contributed by atoms with Crippen molar-refractivity contribution < 1.29 is 19.1 Å². The average Bonchev–Trinajstić information content (AvgIpc) is 3.32. The van der Waals surface area contributed by atoms with Gasteiger partial charge in [-0.05, 0) is 55.6 Å². The van der Waals surface area contributed by atoms with Crippen molar-refractivity contribution in [3.63, 3.8) is 0 Å². The molecule has 4 rings (SSSR count). The number of hydrogen-bond acceptors (Lipinski definition) is 5. The van der Waals surface area contributed by atoms with Gasteiger partial charge in [0.05, 0.1) is 19.8 Å². The summed E-state index contributed by atoms with van der Waals surface area (Å²) in [6.07, 6.45) is 0. The molecule has 7 nitrogen and oxygen atoms in total. The molecule has 8 heteroatoms. The van der Waals surface area contributed by atoms with Crippen molar-refractivity contribution >= 4 is 39.1 Å². The molecule has 0 unspecified atom stereocenters. The molecule has 0 radical (unpaired) electrons. The minimum atomic E-state index is -1.10. The van der Waals surface area contributed by atoms with Gasteiger partial charge in [-0.3, -0.25) is 14.5 Å². The second kappa shape index (κ2) is 8.12. The molecule has 0 saturated carbocycles. The number of aromatic nitrogens is 1. The largest absolute Gasteiger partial charge is 0.494 e. The highest BCUT2D eigenvalue weighted by molar-refractivity contribution is 7.16. The third-order valence-corrected chi connectivity index (χ3v) is 6.32. The van der Waals surface area contributed by atoms with Gasteiger partial charge in [-0.25, -0.2) is 0 Å². The summed E-state index contributed by atoms with van der Waals surface area (Å²) in [7, 11) is 1.59. The van der Waals surface area contributed by atoms with E-state index in [1.165, 1.54) is 0 Å². The van der Waals surface area contributed by atoms with Crippen LogP contribution in [0.3, 0.4) is 0 Å². The third-order valence-electron chi connectivity index (χ3n) is 5.37. The van der Waals surface area contributed by atoms with Crippen LogP contribution in [-0.2, 0) is 16.1 Å². The average molecular weight is 428 g/mol. The van der Waals surface area contributed by atoms with E-state index in [2.05, 4.69) is 5.32 Å². The summed E-state index contributed by atoms with van der Waals surface area (Å²) in [6.45, 7) is 5.44. The van der Waals surface area contributed by atoms with Gasteiger partial charge in [0.2, 0.25) is 5.91 Å². The first kappa shape index (κ1) is 20.4. The lowest BCUT2D eigenvalue weighted by Gasteiger charge is -2.44. The second-order valence-corrected chi connectivity index (χ2v) is 8.28. The van der Waals surface area contributed by atoms with E-state index >= 15 is 0 Å². The quantitative estimate of drug-likeness (QED) is 0.588. The van der Waals surface area contributed by atoms with Gasteiger partial charge in [0.15, 0.2) is 0 Å². The molecule has 0 spiro atoms. The van der Waals surface area contributed by atoms with Crippen LogP contribution < -0.4 is 15.0 Å². The molecular weight excluding hydrogens is 402 g/mol. The van der Waals surface area contributed by atoms with Crippen molar-refractivity contribution in [1.29, 1.82) is 0 Å². The van der Waals surface area contributed by atoms with E-state index < -0.39 is 5.54 Å². The maximum absolute atomic E-state index is 13.6. The number of methoxy groups -OCH3 is 1. The Balaban J connectivity index is 1.78. The Labute approximate surface area is 179 Å². The van der Waals surface area contributed by atoms with Gasteiger partial charge in [0, 0.05) is 24.7 Å². The van der Waals surface area contributed by atoms with Gasteiger partial charge in [0.1, 0.15) is 21.8 Å². The topological polar surface area (TPSA) is 72.8 Å². The van der Waals surface area contributed by atoms with Gasteiger partial charge in [-0.2, -0.15) is 0 Å². The van der Waals surface area contributed by atoms with E-state index in [-0.39, 0.29) is 11.8 Å². The summed E-state index contributed by atoms with van der Waals surface area (Å²) >= 11 is 1.57. The number of ether oxygens (including phenoxy) is 2. The molecule has 0 aliphatic carbocycles. The number of fused-ring (bicyclic) bond motifs is 3. The number of anilines is 1. The number of hydrogen-bond donors (Lipinski definition) is 1. The standard InChI is InChI=1S/C22H25N3O4S/c1-4-29-17-7-5-16(6-8-17)25-19(26)18-13-15-9-12-30-20(15)24(18)14-22(25,2)21(27)23-10-11-28-3/h5-9,12-13H,4,10-11,14H2,1-3H3,(H,23,27)/t22-/m1/s1. The summed E-state index contributed by atoms with van der Waals surface area (Å²) in [5, 5.41) is 5.93. The SMILES string of the molecule is CCOc1ccc(N2C(=O)c3cc4ccsc4n3C[C@]2(C)C(=O)NCCOC)cc1. The van der Waals surface area contributed by atoms with Crippen molar-refractivity contribution in [3.05, 3.63) is 47.5 Å². The maximum atomic E-state index is 13.6. The number of thiophene rings is 1. The predicted molar refractivity (Wildman–Crippen MR) is 118 cm³/mol. The minimum absolute atomic E-state index is 0.196. The highest BCUT2D eigenvalue weighted by atomic mass is 32.1. The fraction of sp³-hybridized carbons (Fsp3) is 0.364. The fourth-order valence-corrected chi connectivity index (χ4v) is 4.81. The summed E-state index contributed by atoms with van der Waals surface area (Å²) in [5.74, 6) is 0.310. The van der Waals surface area contributed by atoms with E-state index in [1.54, 1.807) is 23.3 Å². The van der Waals surface area contributed by atoms with Crippen molar-refractivity contribution in [2.75, 3.05) is 31.8 Å². The Hall–Kier alpha value is -2.84. The van der Waals surface area contributed by atoms with Crippen LogP contribution in [0.1, 0.15) is 24.3 Å². The third kappa shape index (κ3) is 3.36. The predicted octanol–water partition coefficient (Wildman–Crippen LogP) is 3.28. The van der Waals surface area contributed by atoms with Gasteiger partial charge in [0.25, 0.3) is 5.91 Å². The van der Waals surface area contributed by atoms with E-state index in [1.807, 2.05) is 60.2 Å². The molecule has 3 aromatic rings. The number of rotatable bonds is 7. The molecule has 1 aromatic carbocycles. The Kier molecular flexibility index (Phi) is 5.53. The number of nitrogens with zero attached hydrogens (tertiary/aromatic N) is 2. The lowest BCUT2D eigenvalue weighted by atomic mass is 9.93. The number of nitrogens with one attached hydrogen (secondary N) is 1. The zero-order valence-electron chi connectivity index (χ0n) is 17.3. The van der Waals surface area contributed by atoms with Crippen LogP contribution >= 0.6 is 11.3 Å². The summed E-state index contributed by atoms with van der Waals surface area (Å²) < 4.78 is 12.5. The van der Waals surface area contributed by atoms with E-state index in [0.29, 0.717) is 37.7 Å². The summed E-state index contributed by atoms with van der Waals surface area (Å²) in [5.41, 5.74) is 0.150. The lowest BCUT2D eigenvalue weighted by molar-refractivity contribution is -0.126. The monoisotopic (exact) mass is 427 g/mol. The van der Waals surface area contributed by atoms with Crippen LogP contribution in [0.25, 0.3) is 10.2 Å².